The average Bonchev–Trinajstić information content (AvgIpc) is 2.76. The summed E-state index contributed by atoms with van der Waals surface area (Å²) in [5.74, 6) is -2.50. The van der Waals surface area contributed by atoms with Crippen molar-refractivity contribution < 1.29 is 27.5 Å². The Morgan fingerprint density at radius 3 is 2.14 bits per heavy atom. The van der Waals surface area contributed by atoms with Gasteiger partial charge in [-0.1, -0.05) is 6.07 Å². The molecule has 0 aromatic heterocycles. The van der Waals surface area contributed by atoms with Crippen LogP contribution in [0.5, 0.6) is 0 Å². The first-order valence-corrected chi connectivity index (χ1v) is 12.1. The number of ether oxygens (including phenoxy) is 1. The maximum Gasteiger partial charge on any atom is 0.410 e. The first-order chi connectivity index (χ1) is 16.6. The van der Waals surface area contributed by atoms with Crippen LogP contribution in [0, 0.1) is 24.4 Å². The summed E-state index contributed by atoms with van der Waals surface area (Å²) in [6.07, 6.45) is 0.00609. The zero-order chi connectivity index (χ0) is 27.0. The van der Waals surface area contributed by atoms with Gasteiger partial charge < -0.3 is 14.5 Å². The van der Waals surface area contributed by atoms with Crippen LogP contribution < -0.4 is 0 Å². The molecule has 1 aliphatic rings. The molecule has 36 heavy (non-hydrogen) atoms. The van der Waals surface area contributed by atoms with Gasteiger partial charge in [0.25, 0.3) is 0 Å². The van der Waals surface area contributed by atoms with Crippen molar-refractivity contribution in [2.75, 3.05) is 20.1 Å². The Balaban J connectivity index is 1.95. The highest BCUT2D eigenvalue weighted by atomic mass is 19.1. The lowest BCUT2D eigenvalue weighted by Gasteiger charge is -2.45. The van der Waals surface area contributed by atoms with Gasteiger partial charge in [-0.05, 0) is 88.9 Å². The monoisotopic (exact) mass is 504 g/mol. The average molecular weight is 505 g/mol. The minimum atomic E-state index is -1.21. The number of likely N-dealkylation sites (tertiary alicyclic amines) is 1. The van der Waals surface area contributed by atoms with Crippen LogP contribution in [0.2, 0.25) is 0 Å². The maximum absolute atomic E-state index is 13.9. The van der Waals surface area contributed by atoms with E-state index in [0.717, 1.165) is 11.6 Å². The van der Waals surface area contributed by atoms with E-state index in [2.05, 4.69) is 0 Å². The largest absolute Gasteiger partial charge is 0.444 e. The van der Waals surface area contributed by atoms with Gasteiger partial charge in [0.1, 0.15) is 23.1 Å². The summed E-state index contributed by atoms with van der Waals surface area (Å²) in [4.78, 5) is 29.8. The number of amides is 2. The van der Waals surface area contributed by atoms with Crippen molar-refractivity contribution >= 4 is 12.0 Å². The van der Waals surface area contributed by atoms with E-state index in [0.29, 0.717) is 18.5 Å². The molecule has 0 saturated carbocycles. The van der Waals surface area contributed by atoms with E-state index in [4.69, 9.17) is 4.74 Å². The van der Waals surface area contributed by atoms with Gasteiger partial charge in [-0.2, -0.15) is 0 Å². The third-order valence-electron chi connectivity index (χ3n) is 6.80. The van der Waals surface area contributed by atoms with Crippen LogP contribution >= 0.6 is 0 Å². The summed E-state index contributed by atoms with van der Waals surface area (Å²) >= 11 is 0. The highest BCUT2D eigenvalue weighted by Gasteiger charge is 2.42. The van der Waals surface area contributed by atoms with Crippen LogP contribution in [0.1, 0.15) is 63.6 Å². The summed E-state index contributed by atoms with van der Waals surface area (Å²) in [7, 11) is 1.67. The molecule has 3 rings (SSSR count). The molecule has 8 heteroatoms. The molecule has 0 N–H and O–H groups in total. The van der Waals surface area contributed by atoms with E-state index in [9.17, 15) is 22.8 Å². The fourth-order valence-electron chi connectivity index (χ4n) is 4.89. The third kappa shape index (κ3) is 6.02. The predicted octanol–water partition coefficient (Wildman–Crippen LogP) is 5.94. The lowest BCUT2D eigenvalue weighted by molar-refractivity contribution is -0.138. The summed E-state index contributed by atoms with van der Waals surface area (Å²) in [6.45, 7) is 11.1. The number of aryl methyl sites for hydroxylation is 1. The predicted molar refractivity (Wildman–Crippen MR) is 132 cm³/mol. The van der Waals surface area contributed by atoms with Crippen LogP contribution in [-0.2, 0) is 14.9 Å². The molecule has 2 atom stereocenters. The van der Waals surface area contributed by atoms with E-state index in [1.165, 1.54) is 24.3 Å². The number of carbonyl (C=O) groups excluding carboxylic acids is 2. The molecule has 0 aliphatic carbocycles. The molecule has 2 amide bonds. The molecule has 2 aromatic carbocycles. The number of hydrogen-bond donors (Lipinski definition) is 0. The summed E-state index contributed by atoms with van der Waals surface area (Å²) in [5, 5.41) is 0. The van der Waals surface area contributed by atoms with E-state index in [-0.39, 0.29) is 35.8 Å². The topological polar surface area (TPSA) is 49.9 Å². The fourth-order valence-corrected chi connectivity index (χ4v) is 4.89. The Morgan fingerprint density at radius 1 is 0.972 bits per heavy atom. The smallest absolute Gasteiger partial charge is 0.410 e. The molecule has 1 heterocycles. The molecular weight excluding hydrogens is 469 g/mol. The van der Waals surface area contributed by atoms with Gasteiger partial charge in [-0.15, -0.1) is 0 Å². The molecule has 2 aromatic rings. The molecule has 1 saturated heterocycles. The van der Waals surface area contributed by atoms with Crippen LogP contribution in [0.15, 0.2) is 36.4 Å². The molecular formula is C28H35F3N2O3. The van der Waals surface area contributed by atoms with Crippen molar-refractivity contribution in [2.24, 2.45) is 0 Å². The molecule has 0 spiro atoms. The van der Waals surface area contributed by atoms with Crippen molar-refractivity contribution in [1.29, 1.82) is 0 Å². The first-order valence-electron chi connectivity index (χ1n) is 12.1. The van der Waals surface area contributed by atoms with Gasteiger partial charge in [0, 0.05) is 38.2 Å². The van der Waals surface area contributed by atoms with E-state index >= 15 is 0 Å². The van der Waals surface area contributed by atoms with Crippen molar-refractivity contribution in [1.82, 2.24) is 9.80 Å². The van der Waals surface area contributed by atoms with Gasteiger partial charge >= 0.3 is 6.09 Å². The maximum atomic E-state index is 13.9. The Morgan fingerprint density at radius 2 is 1.58 bits per heavy atom. The minimum Gasteiger partial charge on any atom is -0.444 e. The molecule has 1 fully saturated rings. The SMILES string of the molecule is Cc1cc(F)ccc1[C@@H]1CN(C(=O)OC(C)(C)C)CC[C@H]1N(C)C(=O)C(C)(C)c1cc(F)cc(F)c1. The van der Waals surface area contributed by atoms with Crippen molar-refractivity contribution in [3.63, 3.8) is 0 Å². The summed E-state index contributed by atoms with van der Waals surface area (Å²) in [5.41, 5.74) is -0.0981. The van der Waals surface area contributed by atoms with Gasteiger partial charge in [0.2, 0.25) is 5.91 Å². The fraction of sp³-hybridized carbons (Fsp3) is 0.500. The minimum absolute atomic E-state index is 0.234. The van der Waals surface area contributed by atoms with E-state index in [1.807, 2.05) is 0 Å². The van der Waals surface area contributed by atoms with E-state index < -0.39 is 28.7 Å². The highest BCUT2D eigenvalue weighted by molar-refractivity contribution is 5.87. The van der Waals surface area contributed by atoms with Gasteiger partial charge in [-0.3, -0.25) is 4.79 Å². The van der Waals surface area contributed by atoms with Crippen molar-refractivity contribution in [2.45, 2.75) is 70.9 Å². The normalized spacial score (nSPS) is 18.7. The van der Waals surface area contributed by atoms with Crippen molar-refractivity contribution in [3.8, 4) is 0 Å². The second-order valence-corrected chi connectivity index (χ2v) is 11.1. The Labute approximate surface area is 211 Å². The zero-order valence-corrected chi connectivity index (χ0v) is 22.0. The van der Waals surface area contributed by atoms with Crippen molar-refractivity contribution in [3.05, 3.63) is 70.5 Å². The van der Waals surface area contributed by atoms with Crippen LogP contribution in [0.25, 0.3) is 0 Å². The number of carbonyl (C=O) groups is 2. The molecule has 0 unspecified atom stereocenters. The highest BCUT2D eigenvalue weighted by Crippen LogP contribution is 2.36. The molecule has 1 aliphatic heterocycles. The van der Waals surface area contributed by atoms with Crippen LogP contribution in [0.4, 0.5) is 18.0 Å². The number of halogens is 3. The van der Waals surface area contributed by atoms with Crippen LogP contribution in [-0.4, -0.2) is 53.6 Å². The van der Waals surface area contributed by atoms with E-state index in [1.54, 1.807) is 64.5 Å². The molecule has 196 valence electrons. The molecule has 0 bridgehead atoms. The Hall–Kier alpha value is -3.03. The Bertz CT molecular complexity index is 1120. The second kappa shape index (κ2) is 10.1. The number of piperidine rings is 1. The Kier molecular flexibility index (Phi) is 7.77. The lowest BCUT2D eigenvalue weighted by Crippen LogP contribution is -2.55. The number of benzene rings is 2. The lowest BCUT2D eigenvalue weighted by atomic mass is 9.79. The molecule has 0 radical (unpaired) electrons. The van der Waals surface area contributed by atoms with Crippen LogP contribution in [0.3, 0.4) is 0 Å². The number of hydrogen-bond acceptors (Lipinski definition) is 3. The quantitative estimate of drug-likeness (QED) is 0.518. The molecule has 5 nitrogen and oxygen atoms in total. The summed E-state index contributed by atoms with van der Waals surface area (Å²) in [6, 6.07) is 7.26. The number of rotatable bonds is 4. The zero-order valence-electron chi connectivity index (χ0n) is 22.0. The first kappa shape index (κ1) is 27.6. The number of nitrogens with zero attached hydrogens (tertiary/aromatic N) is 2. The standard InChI is InChI=1S/C28H35F3N2O3/c1-17-12-19(29)8-9-22(17)23-16-33(26(35)36-27(2,3)4)11-10-24(23)32(7)25(34)28(5,6)18-13-20(30)15-21(31)14-18/h8-9,12-15,23-24H,10-11,16H2,1-7H3/t23-,24+/m0/s1. The van der Waals surface area contributed by atoms with Gasteiger partial charge in [0.05, 0.1) is 5.41 Å². The van der Waals surface area contributed by atoms with Gasteiger partial charge in [-0.25, -0.2) is 18.0 Å². The number of likely N-dealkylation sites (N-methyl/N-ethyl adjacent to an activating group) is 1. The second-order valence-electron chi connectivity index (χ2n) is 11.1. The third-order valence-corrected chi connectivity index (χ3v) is 6.80. The summed E-state index contributed by atoms with van der Waals surface area (Å²) < 4.78 is 47.3. The van der Waals surface area contributed by atoms with Gasteiger partial charge in [0.15, 0.2) is 0 Å².